The number of para-hydroxylation sites is 2. The minimum absolute atomic E-state index is 0.315. The van der Waals surface area contributed by atoms with E-state index in [9.17, 15) is 4.79 Å². The Morgan fingerprint density at radius 2 is 1.88 bits per heavy atom. The van der Waals surface area contributed by atoms with Gasteiger partial charge in [0.25, 0.3) is 0 Å². The quantitative estimate of drug-likeness (QED) is 0.524. The van der Waals surface area contributed by atoms with Crippen molar-refractivity contribution in [1.29, 1.82) is 0 Å². The largest absolute Gasteiger partial charge is 0.454 e. The van der Waals surface area contributed by atoms with E-state index in [2.05, 4.69) is 25.1 Å². The maximum absolute atomic E-state index is 12.7. The van der Waals surface area contributed by atoms with E-state index in [4.69, 9.17) is 4.74 Å². The molecule has 0 bridgehead atoms. The lowest BCUT2D eigenvalue weighted by atomic mass is 10.2. The summed E-state index contributed by atoms with van der Waals surface area (Å²) in [5.41, 5.74) is 1.95. The van der Waals surface area contributed by atoms with Gasteiger partial charge >= 0.3 is 5.69 Å². The van der Waals surface area contributed by atoms with Crippen LogP contribution in [0.5, 0.6) is 11.5 Å². The molecule has 8 heteroatoms. The topological polar surface area (TPSA) is 101 Å². The molecule has 5 rings (SSSR count). The van der Waals surface area contributed by atoms with Gasteiger partial charge in [-0.3, -0.25) is 14.5 Å². The minimum Gasteiger partial charge on any atom is -0.454 e. The van der Waals surface area contributed by atoms with E-state index in [1.54, 1.807) is 41.4 Å². The van der Waals surface area contributed by atoms with Crippen LogP contribution in [-0.4, -0.2) is 29.7 Å². The van der Waals surface area contributed by atoms with Crippen LogP contribution < -0.4 is 10.4 Å². The van der Waals surface area contributed by atoms with Gasteiger partial charge in [-0.2, -0.15) is 0 Å². The van der Waals surface area contributed by atoms with Gasteiger partial charge in [-0.05, 0) is 30.3 Å². The third-order valence-electron chi connectivity index (χ3n) is 4.07. The Bertz CT molecular complexity index is 1290. The van der Waals surface area contributed by atoms with Crippen LogP contribution in [0.1, 0.15) is 0 Å². The molecule has 1 aromatic carbocycles. The van der Waals surface area contributed by atoms with Gasteiger partial charge in [0, 0.05) is 17.8 Å². The monoisotopic (exact) mass is 344 g/mol. The summed E-state index contributed by atoms with van der Waals surface area (Å²) >= 11 is 0. The highest BCUT2D eigenvalue weighted by Gasteiger charge is 2.17. The standard InChI is InChI=1S/C18H12N6O2/c25-18-21-17-15(12-7-9-20-16(12)22-23-17)24(18)13-5-1-2-6-14(13)26-11-4-3-8-19-10-11/h1-10H,(H,20,22)(H,21,23,25). The minimum atomic E-state index is -0.315. The predicted molar refractivity (Wildman–Crippen MR) is 95.7 cm³/mol. The number of nitrogens with one attached hydrogen (secondary N) is 2. The number of H-pyrrole nitrogens is 2. The smallest absolute Gasteiger partial charge is 0.332 e. The van der Waals surface area contributed by atoms with Gasteiger partial charge in [0.05, 0.1) is 11.9 Å². The molecule has 0 aliphatic heterocycles. The van der Waals surface area contributed by atoms with E-state index in [0.717, 1.165) is 5.39 Å². The van der Waals surface area contributed by atoms with Crippen LogP contribution >= 0.6 is 0 Å². The van der Waals surface area contributed by atoms with E-state index in [-0.39, 0.29) is 5.69 Å². The fraction of sp³-hybridized carbons (Fsp3) is 0. The Hall–Kier alpha value is -3.94. The van der Waals surface area contributed by atoms with E-state index < -0.39 is 0 Å². The highest BCUT2D eigenvalue weighted by atomic mass is 16.5. The van der Waals surface area contributed by atoms with Crippen molar-refractivity contribution in [2.24, 2.45) is 0 Å². The average molecular weight is 344 g/mol. The molecule has 26 heavy (non-hydrogen) atoms. The van der Waals surface area contributed by atoms with Gasteiger partial charge in [-0.1, -0.05) is 12.1 Å². The van der Waals surface area contributed by atoms with Crippen molar-refractivity contribution in [2.45, 2.75) is 0 Å². The normalized spacial score (nSPS) is 11.2. The number of aromatic amines is 2. The van der Waals surface area contributed by atoms with Crippen molar-refractivity contribution in [3.8, 4) is 17.2 Å². The molecular weight excluding hydrogens is 332 g/mol. The molecule has 4 aromatic heterocycles. The molecule has 0 unspecified atom stereocenters. The second-order valence-corrected chi connectivity index (χ2v) is 5.66. The third-order valence-corrected chi connectivity index (χ3v) is 4.07. The zero-order valence-electron chi connectivity index (χ0n) is 13.4. The molecule has 0 saturated carbocycles. The molecule has 0 fully saturated rings. The van der Waals surface area contributed by atoms with Gasteiger partial charge in [0.1, 0.15) is 11.3 Å². The summed E-state index contributed by atoms with van der Waals surface area (Å²) in [5, 5.41) is 8.97. The van der Waals surface area contributed by atoms with Crippen molar-refractivity contribution in [3.05, 3.63) is 71.5 Å². The number of pyridine rings is 1. The Kier molecular flexibility index (Phi) is 3.08. The summed E-state index contributed by atoms with van der Waals surface area (Å²) in [5.74, 6) is 1.11. The van der Waals surface area contributed by atoms with Gasteiger partial charge in [-0.15, -0.1) is 10.2 Å². The number of rotatable bonds is 3. The van der Waals surface area contributed by atoms with Crippen LogP contribution in [0.25, 0.3) is 27.9 Å². The molecule has 0 aliphatic rings. The van der Waals surface area contributed by atoms with E-state index in [1.807, 2.05) is 24.3 Å². The fourth-order valence-corrected chi connectivity index (χ4v) is 2.97. The second kappa shape index (κ2) is 5.55. The molecular formula is C18H12N6O2. The lowest BCUT2D eigenvalue weighted by Gasteiger charge is -2.11. The molecule has 0 spiro atoms. The first kappa shape index (κ1) is 14.4. The number of nitrogens with zero attached hydrogens (tertiary/aromatic N) is 4. The zero-order valence-corrected chi connectivity index (χ0v) is 13.4. The summed E-state index contributed by atoms with van der Waals surface area (Å²) in [7, 11) is 0. The molecule has 8 nitrogen and oxygen atoms in total. The first-order chi connectivity index (χ1) is 12.8. The maximum atomic E-state index is 12.7. The molecule has 5 aromatic rings. The Morgan fingerprint density at radius 3 is 2.77 bits per heavy atom. The Balaban J connectivity index is 1.78. The number of ether oxygens (including phenoxy) is 1. The van der Waals surface area contributed by atoms with Crippen LogP contribution in [0, 0.1) is 0 Å². The molecule has 0 amide bonds. The van der Waals surface area contributed by atoms with Crippen LogP contribution in [0.2, 0.25) is 0 Å². The number of fused-ring (bicyclic) bond motifs is 3. The lowest BCUT2D eigenvalue weighted by Crippen LogP contribution is -2.15. The van der Waals surface area contributed by atoms with E-state index in [0.29, 0.717) is 34.0 Å². The molecule has 4 heterocycles. The van der Waals surface area contributed by atoms with Gasteiger partial charge in [-0.25, -0.2) is 4.79 Å². The summed E-state index contributed by atoms with van der Waals surface area (Å²) < 4.78 is 7.50. The predicted octanol–water partition coefficient (Wildman–Crippen LogP) is 2.78. The van der Waals surface area contributed by atoms with Crippen LogP contribution in [-0.2, 0) is 0 Å². The number of benzene rings is 1. The van der Waals surface area contributed by atoms with Crippen molar-refractivity contribution < 1.29 is 4.74 Å². The highest BCUT2D eigenvalue weighted by Crippen LogP contribution is 2.30. The number of aromatic nitrogens is 6. The SMILES string of the molecule is O=c1[nH]c2nnc3[nH]ccc3c2n1-c1ccccc1Oc1cccnc1. The number of hydrogen-bond acceptors (Lipinski definition) is 5. The molecule has 2 N–H and O–H groups in total. The summed E-state index contributed by atoms with van der Waals surface area (Å²) in [4.78, 5) is 22.5. The van der Waals surface area contributed by atoms with Gasteiger partial charge < -0.3 is 9.72 Å². The van der Waals surface area contributed by atoms with Crippen LogP contribution in [0.4, 0.5) is 0 Å². The van der Waals surface area contributed by atoms with Crippen molar-refractivity contribution >= 4 is 22.2 Å². The van der Waals surface area contributed by atoms with Crippen LogP contribution in [0.3, 0.4) is 0 Å². The Morgan fingerprint density at radius 1 is 1.00 bits per heavy atom. The first-order valence-electron chi connectivity index (χ1n) is 7.93. The molecule has 126 valence electrons. The Labute approximate surface area is 146 Å². The van der Waals surface area contributed by atoms with Crippen molar-refractivity contribution in [3.63, 3.8) is 0 Å². The number of imidazole rings is 1. The van der Waals surface area contributed by atoms with E-state index >= 15 is 0 Å². The van der Waals surface area contributed by atoms with E-state index in [1.165, 1.54) is 0 Å². The van der Waals surface area contributed by atoms with Crippen molar-refractivity contribution in [1.82, 2.24) is 29.7 Å². The molecule has 0 aliphatic carbocycles. The maximum Gasteiger partial charge on any atom is 0.332 e. The molecule has 0 radical (unpaired) electrons. The highest BCUT2D eigenvalue weighted by molar-refractivity contribution is 6.00. The average Bonchev–Trinajstić information content (AvgIpc) is 3.26. The third kappa shape index (κ3) is 2.16. The number of hydrogen-bond donors (Lipinski definition) is 2. The van der Waals surface area contributed by atoms with Crippen molar-refractivity contribution in [2.75, 3.05) is 0 Å². The van der Waals surface area contributed by atoms with Gasteiger partial charge in [0.2, 0.25) is 0 Å². The summed E-state index contributed by atoms with van der Waals surface area (Å²) in [6.45, 7) is 0. The molecule has 0 saturated heterocycles. The summed E-state index contributed by atoms with van der Waals surface area (Å²) in [6.07, 6.45) is 5.05. The zero-order chi connectivity index (χ0) is 17.5. The lowest BCUT2D eigenvalue weighted by molar-refractivity contribution is 0.477. The first-order valence-corrected chi connectivity index (χ1v) is 7.93. The van der Waals surface area contributed by atoms with Crippen LogP contribution in [0.15, 0.2) is 65.8 Å². The van der Waals surface area contributed by atoms with Gasteiger partial charge in [0.15, 0.2) is 17.0 Å². The summed E-state index contributed by atoms with van der Waals surface area (Å²) in [6, 6.07) is 12.8. The molecule has 0 atom stereocenters. The fourth-order valence-electron chi connectivity index (χ4n) is 2.97. The second-order valence-electron chi connectivity index (χ2n) is 5.66.